The number of thiophene rings is 1. The van der Waals surface area contributed by atoms with Crippen LogP contribution in [0.4, 0.5) is 0 Å². The van der Waals surface area contributed by atoms with Crippen molar-refractivity contribution in [1.82, 2.24) is 0 Å². The fourth-order valence-electron chi connectivity index (χ4n) is 1.48. The summed E-state index contributed by atoms with van der Waals surface area (Å²) in [6.07, 6.45) is 5.62. The van der Waals surface area contributed by atoms with Crippen LogP contribution >= 0.6 is 11.3 Å². The molecule has 0 atom stereocenters. The summed E-state index contributed by atoms with van der Waals surface area (Å²) >= 11 is 1.79. The zero-order valence-corrected chi connectivity index (χ0v) is 9.36. The Labute approximate surface area is 85.3 Å². The lowest BCUT2D eigenvalue weighted by molar-refractivity contribution is 0.465. The van der Waals surface area contributed by atoms with Crippen molar-refractivity contribution in [2.24, 2.45) is 0 Å². The van der Waals surface area contributed by atoms with Crippen LogP contribution in [0, 0.1) is 0 Å². The zero-order valence-electron chi connectivity index (χ0n) is 8.55. The SMILES string of the molecule is C=CCCCC(C)(C)c1ccsc1. The van der Waals surface area contributed by atoms with Crippen LogP contribution in [0.5, 0.6) is 0 Å². The van der Waals surface area contributed by atoms with Crippen molar-refractivity contribution in [3.05, 3.63) is 35.0 Å². The van der Waals surface area contributed by atoms with Gasteiger partial charge in [0.15, 0.2) is 0 Å². The highest BCUT2D eigenvalue weighted by molar-refractivity contribution is 7.08. The molecule has 0 spiro atoms. The van der Waals surface area contributed by atoms with E-state index in [-0.39, 0.29) is 0 Å². The van der Waals surface area contributed by atoms with Crippen molar-refractivity contribution in [3.8, 4) is 0 Å². The van der Waals surface area contributed by atoms with Gasteiger partial charge in [-0.15, -0.1) is 6.58 Å². The molecule has 13 heavy (non-hydrogen) atoms. The molecule has 0 saturated heterocycles. The molecular formula is C12H18S. The van der Waals surface area contributed by atoms with Gasteiger partial charge in [-0.1, -0.05) is 19.9 Å². The van der Waals surface area contributed by atoms with E-state index in [4.69, 9.17) is 0 Å². The quantitative estimate of drug-likeness (QED) is 0.482. The van der Waals surface area contributed by atoms with E-state index in [0.717, 1.165) is 6.42 Å². The van der Waals surface area contributed by atoms with Crippen LogP contribution in [0.3, 0.4) is 0 Å². The zero-order chi connectivity index (χ0) is 9.73. The molecule has 0 saturated carbocycles. The van der Waals surface area contributed by atoms with Gasteiger partial charge in [0.2, 0.25) is 0 Å². The third kappa shape index (κ3) is 3.00. The lowest BCUT2D eigenvalue weighted by atomic mass is 9.82. The van der Waals surface area contributed by atoms with Crippen molar-refractivity contribution >= 4 is 11.3 Å². The molecule has 0 nitrogen and oxygen atoms in total. The fraction of sp³-hybridized carbons (Fsp3) is 0.500. The van der Waals surface area contributed by atoms with Gasteiger partial charge in [-0.25, -0.2) is 0 Å². The first-order valence-corrected chi connectivity index (χ1v) is 5.74. The molecule has 1 aromatic heterocycles. The lowest BCUT2D eigenvalue weighted by Gasteiger charge is -2.23. The Morgan fingerprint density at radius 3 is 2.85 bits per heavy atom. The number of unbranched alkanes of at least 4 members (excludes halogenated alkanes) is 1. The van der Waals surface area contributed by atoms with Gasteiger partial charge in [0.05, 0.1) is 0 Å². The summed E-state index contributed by atoms with van der Waals surface area (Å²) in [6.45, 7) is 8.38. The second-order valence-corrected chi connectivity index (χ2v) is 4.86. The van der Waals surface area contributed by atoms with Gasteiger partial charge in [0, 0.05) is 0 Å². The third-order valence-corrected chi connectivity index (χ3v) is 3.20. The van der Waals surface area contributed by atoms with Gasteiger partial charge in [-0.2, -0.15) is 11.3 Å². The molecule has 1 heterocycles. The lowest BCUT2D eigenvalue weighted by Crippen LogP contribution is -2.15. The molecule has 0 radical (unpaired) electrons. The average Bonchev–Trinajstić information content (AvgIpc) is 2.56. The third-order valence-electron chi connectivity index (χ3n) is 2.51. The van der Waals surface area contributed by atoms with E-state index in [0.29, 0.717) is 5.41 Å². The summed E-state index contributed by atoms with van der Waals surface area (Å²) < 4.78 is 0. The normalized spacial score (nSPS) is 11.5. The van der Waals surface area contributed by atoms with Gasteiger partial charge in [0.25, 0.3) is 0 Å². The van der Waals surface area contributed by atoms with E-state index in [9.17, 15) is 0 Å². The summed E-state index contributed by atoms with van der Waals surface area (Å²) in [7, 11) is 0. The Morgan fingerprint density at radius 2 is 2.31 bits per heavy atom. The molecule has 0 aliphatic heterocycles. The first kappa shape index (κ1) is 10.5. The predicted octanol–water partition coefficient (Wildman–Crippen LogP) is 4.38. The Kier molecular flexibility index (Phi) is 3.73. The molecule has 0 aliphatic rings. The highest BCUT2D eigenvalue weighted by atomic mass is 32.1. The summed E-state index contributed by atoms with van der Waals surface area (Å²) in [4.78, 5) is 0. The smallest absolute Gasteiger partial charge is 0.00558 e. The van der Waals surface area contributed by atoms with Crippen LogP contribution in [-0.2, 0) is 5.41 Å². The molecule has 0 aliphatic carbocycles. The highest BCUT2D eigenvalue weighted by Gasteiger charge is 2.19. The van der Waals surface area contributed by atoms with E-state index >= 15 is 0 Å². The maximum absolute atomic E-state index is 3.75. The van der Waals surface area contributed by atoms with Crippen molar-refractivity contribution in [2.75, 3.05) is 0 Å². The molecule has 0 amide bonds. The molecule has 0 aromatic carbocycles. The van der Waals surface area contributed by atoms with E-state index in [1.54, 1.807) is 11.3 Å². The largest absolute Gasteiger partial charge is 0.152 e. The maximum Gasteiger partial charge on any atom is -0.00558 e. The molecule has 0 bridgehead atoms. The summed E-state index contributed by atoms with van der Waals surface area (Å²) in [6, 6.07) is 2.23. The minimum Gasteiger partial charge on any atom is -0.152 e. The first-order valence-electron chi connectivity index (χ1n) is 4.80. The van der Waals surface area contributed by atoms with Gasteiger partial charge >= 0.3 is 0 Å². The van der Waals surface area contributed by atoms with Crippen molar-refractivity contribution in [3.63, 3.8) is 0 Å². The highest BCUT2D eigenvalue weighted by Crippen LogP contribution is 2.30. The van der Waals surface area contributed by atoms with E-state index in [2.05, 4.69) is 37.3 Å². The number of hydrogen-bond donors (Lipinski definition) is 0. The standard InChI is InChI=1S/C12H18S/c1-4-5-6-8-12(2,3)11-7-9-13-10-11/h4,7,9-10H,1,5-6,8H2,2-3H3. The van der Waals surface area contributed by atoms with Gasteiger partial charge < -0.3 is 0 Å². The number of hydrogen-bond acceptors (Lipinski definition) is 1. The molecule has 72 valence electrons. The maximum atomic E-state index is 3.75. The van der Waals surface area contributed by atoms with Crippen molar-refractivity contribution in [1.29, 1.82) is 0 Å². The van der Waals surface area contributed by atoms with Crippen LogP contribution in [0.2, 0.25) is 0 Å². The number of rotatable bonds is 5. The average molecular weight is 194 g/mol. The second kappa shape index (κ2) is 4.61. The Bertz CT molecular complexity index is 244. The van der Waals surface area contributed by atoms with Gasteiger partial charge in [-0.05, 0) is 47.1 Å². The Hall–Kier alpha value is -0.560. The first-order chi connectivity index (χ1) is 6.17. The molecule has 0 unspecified atom stereocenters. The van der Waals surface area contributed by atoms with Crippen LogP contribution < -0.4 is 0 Å². The summed E-state index contributed by atoms with van der Waals surface area (Å²) in [5, 5.41) is 4.42. The minimum atomic E-state index is 0.336. The number of allylic oxidation sites excluding steroid dienone is 1. The van der Waals surface area contributed by atoms with Crippen molar-refractivity contribution < 1.29 is 0 Å². The molecule has 1 aromatic rings. The summed E-state index contributed by atoms with van der Waals surface area (Å²) in [5.74, 6) is 0. The topological polar surface area (TPSA) is 0 Å². The molecule has 0 fully saturated rings. The minimum absolute atomic E-state index is 0.336. The van der Waals surface area contributed by atoms with Crippen LogP contribution in [0.25, 0.3) is 0 Å². The van der Waals surface area contributed by atoms with Crippen LogP contribution in [-0.4, -0.2) is 0 Å². The predicted molar refractivity (Wildman–Crippen MR) is 61.4 cm³/mol. The Balaban J connectivity index is 2.51. The summed E-state index contributed by atoms with van der Waals surface area (Å²) in [5.41, 5.74) is 1.81. The monoisotopic (exact) mass is 194 g/mol. The second-order valence-electron chi connectivity index (χ2n) is 4.08. The fourth-order valence-corrected chi connectivity index (χ4v) is 2.33. The van der Waals surface area contributed by atoms with Crippen LogP contribution in [0.1, 0.15) is 38.7 Å². The van der Waals surface area contributed by atoms with E-state index in [1.807, 2.05) is 6.08 Å². The molecular weight excluding hydrogens is 176 g/mol. The van der Waals surface area contributed by atoms with E-state index < -0.39 is 0 Å². The van der Waals surface area contributed by atoms with Gasteiger partial charge in [-0.3, -0.25) is 0 Å². The molecule has 1 heteroatoms. The molecule has 1 rings (SSSR count). The van der Waals surface area contributed by atoms with Crippen molar-refractivity contribution in [2.45, 2.75) is 38.5 Å². The van der Waals surface area contributed by atoms with Crippen LogP contribution in [0.15, 0.2) is 29.5 Å². The van der Waals surface area contributed by atoms with E-state index in [1.165, 1.54) is 18.4 Å². The Morgan fingerprint density at radius 1 is 1.54 bits per heavy atom. The molecule has 0 N–H and O–H groups in total. The van der Waals surface area contributed by atoms with Gasteiger partial charge in [0.1, 0.15) is 0 Å².